The molecule has 1 amide bonds. The van der Waals surface area contributed by atoms with Gasteiger partial charge in [0.15, 0.2) is 5.78 Å². The number of pyridine rings is 1. The standard InChI is InChI=1S/C28H27N5O2/c1-3-30-28(35)23-13-14-25-24(17-32-33(25)18-23)27(34)26(22-7-5-4-6-8-22)31-16-19(2)21-11-9-20(15-29)10-12-21/h4-14,17-19,26,31H,3,16H2,1-2H3,(H,30,35)/t19-,26-/m0/s1. The average Bonchev–Trinajstić information content (AvgIpc) is 3.32. The van der Waals surface area contributed by atoms with Crippen molar-refractivity contribution in [1.29, 1.82) is 5.26 Å². The summed E-state index contributed by atoms with van der Waals surface area (Å²) in [7, 11) is 0. The van der Waals surface area contributed by atoms with Crippen molar-refractivity contribution in [3.05, 3.63) is 107 Å². The van der Waals surface area contributed by atoms with Gasteiger partial charge in [0.25, 0.3) is 5.91 Å². The number of aromatic nitrogens is 2. The van der Waals surface area contributed by atoms with Crippen molar-refractivity contribution in [3.8, 4) is 6.07 Å². The van der Waals surface area contributed by atoms with E-state index in [1.165, 1.54) is 0 Å². The molecule has 7 heteroatoms. The summed E-state index contributed by atoms with van der Waals surface area (Å²) in [6.07, 6.45) is 3.19. The predicted octanol–water partition coefficient (Wildman–Crippen LogP) is 4.27. The number of hydrogen-bond donors (Lipinski definition) is 2. The maximum absolute atomic E-state index is 13.7. The Kier molecular flexibility index (Phi) is 7.34. The van der Waals surface area contributed by atoms with Gasteiger partial charge >= 0.3 is 0 Å². The van der Waals surface area contributed by atoms with Crippen molar-refractivity contribution in [2.75, 3.05) is 13.1 Å². The Hall–Kier alpha value is -4.28. The van der Waals surface area contributed by atoms with E-state index in [-0.39, 0.29) is 17.6 Å². The number of rotatable bonds is 9. The van der Waals surface area contributed by atoms with Crippen LogP contribution in [0.1, 0.15) is 63.2 Å². The zero-order valence-electron chi connectivity index (χ0n) is 19.7. The molecule has 2 aromatic carbocycles. The number of carbonyl (C=O) groups excluding carboxylic acids is 2. The van der Waals surface area contributed by atoms with E-state index in [1.54, 1.807) is 41.2 Å². The van der Waals surface area contributed by atoms with Crippen LogP contribution in [0.25, 0.3) is 5.52 Å². The van der Waals surface area contributed by atoms with Crippen LogP contribution in [0.2, 0.25) is 0 Å². The van der Waals surface area contributed by atoms with Gasteiger partial charge in [0, 0.05) is 19.3 Å². The molecule has 0 saturated heterocycles. The number of amides is 1. The summed E-state index contributed by atoms with van der Waals surface area (Å²) >= 11 is 0. The van der Waals surface area contributed by atoms with Gasteiger partial charge < -0.3 is 10.6 Å². The van der Waals surface area contributed by atoms with Gasteiger partial charge in [-0.2, -0.15) is 10.4 Å². The lowest BCUT2D eigenvalue weighted by Crippen LogP contribution is -2.31. The maximum atomic E-state index is 13.7. The van der Waals surface area contributed by atoms with E-state index in [0.29, 0.717) is 35.3 Å². The van der Waals surface area contributed by atoms with E-state index < -0.39 is 6.04 Å². The quantitative estimate of drug-likeness (QED) is 0.360. The normalized spacial score (nSPS) is 12.6. The van der Waals surface area contributed by atoms with Gasteiger partial charge in [0.05, 0.1) is 40.5 Å². The fraction of sp³-hybridized carbons (Fsp3) is 0.214. The number of nitrogens with one attached hydrogen (secondary N) is 2. The van der Waals surface area contributed by atoms with Crippen LogP contribution in [0.4, 0.5) is 0 Å². The van der Waals surface area contributed by atoms with Crippen molar-refractivity contribution < 1.29 is 9.59 Å². The summed E-state index contributed by atoms with van der Waals surface area (Å²) in [4.78, 5) is 25.9. The smallest absolute Gasteiger partial charge is 0.252 e. The highest BCUT2D eigenvalue weighted by Gasteiger charge is 2.25. The Bertz CT molecular complexity index is 1370. The number of fused-ring (bicyclic) bond motifs is 1. The Balaban J connectivity index is 1.59. The number of ketones is 1. The first-order chi connectivity index (χ1) is 17.0. The molecule has 0 aliphatic carbocycles. The number of benzene rings is 2. The summed E-state index contributed by atoms with van der Waals surface area (Å²) in [6, 6.07) is 22.1. The summed E-state index contributed by atoms with van der Waals surface area (Å²) in [5, 5.41) is 19.6. The molecule has 0 aliphatic heterocycles. The molecule has 4 rings (SSSR count). The van der Waals surface area contributed by atoms with Crippen molar-refractivity contribution in [2.45, 2.75) is 25.8 Å². The molecule has 2 N–H and O–H groups in total. The van der Waals surface area contributed by atoms with Crippen LogP contribution < -0.4 is 10.6 Å². The molecule has 0 bridgehead atoms. The lowest BCUT2D eigenvalue weighted by atomic mass is 9.95. The minimum absolute atomic E-state index is 0.0935. The minimum atomic E-state index is -0.562. The molecule has 4 aromatic rings. The molecule has 0 unspecified atom stereocenters. The molecular formula is C28H27N5O2. The van der Waals surface area contributed by atoms with Crippen molar-refractivity contribution in [3.63, 3.8) is 0 Å². The molecule has 2 heterocycles. The third-order valence-corrected chi connectivity index (χ3v) is 6.01. The fourth-order valence-corrected chi connectivity index (χ4v) is 4.03. The molecule has 35 heavy (non-hydrogen) atoms. The van der Waals surface area contributed by atoms with Crippen molar-refractivity contribution >= 4 is 17.2 Å². The third-order valence-electron chi connectivity index (χ3n) is 6.01. The molecular weight excluding hydrogens is 438 g/mol. The van der Waals surface area contributed by atoms with E-state index in [4.69, 9.17) is 5.26 Å². The molecule has 0 radical (unpaired) electrons. The Morgan fingerprint density at radius 2 is 1.77 bits per heavy atom. The van der Waals surface area contributed by atoms with Crippen LogP contribution in [0.5, 0.6) is 0 Å². The number of carbonyl (C=O) groups is 2. The fourth-order valence-electron chi connectivity index (χ4n) is 4.03. The average molecular weight is 466 g/mol. The van der Waals surface area contributed by atoms with Gasteiger partial charge in [-0.05, 0) is 48.2 Å². The van der Waals surface area contributed by atoms with Crippen molar-refractivity contribution in [2.24, 2.45) is 0 Å². The largest absolute Gasteiger partial charge is 0.352 e. The first-order valence-corrected chi connectivity index (χ1v) is 11.6. The lowest BCUT2D eigenvalue weighted by Gasteiger charge is -2.21. The number of nitrogens with zero attached hydrogens (tertiary/aromatic N) is 3. The van der Waals surface area contributed by atoms with E-state index >= 15 is 0 Å². The highest BCUT2D eigenvalue weighted by molar-refractivity contribution is 6.06. The lowest BCUT2D eigenvalue weighted by molar-refractivity contribution is 0.0940. The number of hydrogen-bond acceptors (Lipinski definition) is 5. The molecule has 176 valence electrons. The molecule has 0 saturated carbocycles. The Morgan fingerprint density at radius 1 is 1.03 bits per heavy atom. The number of Topliss-reactive ketones (excluding diaryl/α,β-unsaturated/α-hetero) is 1. The van der Waals surface area contributed by atoms with Crippen LogP contribution >= 0.6 is 0 Å². The van der Waals surface area contributed by atoms with E-state index in [0.717, 1.165) is 11.1 Å². The maximum Gasteiger partial charge on any atom is 0.252 e. The van der Waals surface area contributed by atoms with Crippen molar-refractivity contribution in [1.82, 2.24) is 20.2 Å². The van der Waals surface area contributed by atoms with E-state index in [2.05, 4.69) is 28.7 Å². The Labute approximate surface area is 204 Å². The highest BCUT2D eigenvalue weighted by atomic mass is 16.1. The highest BCUT2D eigenvalue weighted by Crippen LogP contribution is 2.24. The Morgan fingerprint density at radius 3 is 2.46 bits per heavy atom. The van der Waals surface area contributed by atoms with Gasteiger partial charge in [-0.1, -0.05) is 49.4 Å². The van der Waals surface area contributed by atoms with Gasteiger partial charge in [0.1, 0.15) is 0 Å². The van der Waals surface area contributed by atoms with Crippen LogP contribution in [0.3, 0.4) is 0 Å². The molecule has 7 nitrogen and oxygen atoms in total. The molecule has 0 aliphatic rings. The SMILES string of the molecule is CCNC(=O)c1ccc2c(C(=O)[C@@H](NC[C@H](C)c3ccc(C#N)cc3)c3ccccc3)cnn2c1. The minimum Gasteiger partial charge on any atom is -0.352 e. The summed E-state index contributed by atoms with van der Waals surface area (Å²) in [5.41, 5.74) is 4.18. The summed E-state index contributed by atoms with van der Waals surface area (Å²) < 4.78 is 1.57. The zero-order valence-corrected chi connectivity index (χ0v) is 19.7. The monoisotopic (exact) mass is 465 g/mol. The molecule has 2 atom stereocenters. The zero-order chi connectivity index (χ0) is 24.8. The van der Waals surface area contributed by atoms with Gasteiger partial charge in [0.2, 0.25) is 0 Å². The van der Waals surface area contributed by atoms with Crippen LogP contribution in [0, 0.1) is 11.3 Å². The topological polar surface area (TPSA) is 99.3 Å². The van der Waals surface area contributed by atoms with E-state index in [9.17, 15) is 9.59 Å². The first-order valence-electron chi connectivity index (χ1n) is 11.6. The van der Waals surface area contributed by atoms with Crippen LogP contribution in [-0.4, -0.2) is 34.4 Å². The molecule has 0 fully saturated rings. The third kappa shape index (κ3) is 5.29. The second kappa shape index (κ2) is 10.8. The second-order valence-electron chi connectivity index (χ2n) is 8.42. The number of nitriles is 1. The summed E-state index contributed by atoms with van der Waals surface area (Å²) in [6.45, 7) is 5.04. The summed E-state index contributed by atoms with van der Waals surface area (Å²) in [5.74, 6) is -0.146. The second-order valence-corrected chi connectivity index (χ2v) is 8.42. The molecule has 0 spiro atoms. The predicted molar refractivity (Wildman–Crippen MR) is 134 cm³/mol. The van der Waals surface area contributed by atoms with Crippen LogP contribution in [0.15, 0.2) is 79.1 Å². The van der Waals surface area contributed by atoms with Gasteiger partial charge in [-0.3, -0.25) is 9.59 Å². The van der Waals surface area contributed by atoms with Gasteiger partial charge in [-0.15, -0.1) is 0 Å². The van der Waals surface area contributed by atoms with E-state index in [1.807, 2.05) is 49.4 Å². The van der Waals surface area contributed by atoms with Gasteiger partial charge in [-0.25, -0.2) is 4.52 Å². The molecule has 2 aromatic heterocycles. The first kappa shape index (κ1) is 23.9. The van der Waals surface area contributed by atoms with Crippen LogP contribution in [-0.2, 0) is 0 Å².